The molecule has 3 N–H and O–H groups in total. The van der Waals surface area contributed by atoms with Crippen LogP contribution in [-0.2, 0) is 0 Å². The van der Waals surface area contributed by atoms with Gasteiger partial charge in [-0.05, 0) is 55.7 Å². The van der Waals surface area contributed by atoms with E-state index in [2.05, 4.69) is 20.4 Å². The summed E-state index contributed by atoms with van der Waals surface area (Å²) in [5, 5.41) is 8.14. The molecule has 0 radical (unpaired) electrons. The van der Waals surface area contributed by atoms with Crippen LogP contribution in [0.3, 0.4) is 0 Å². The standard InChI is InChI=1S/C21H20N6O2/c22-14-5-8-16(10-14)27-20-17(11-23-12-24-20)19(26-27)21(28)25-15-6-3-13(4-7-15)18-2-1-9-29-18/h1-4,6-7,9,11-12,14,16H,5,8,10,22H2,(H,25,28). The predicted octanol–water partition coefficient (Wildman–Crippen LogP) is 3.39. The van der Waals surface area contributed by atoms with Crippen LogP contribution in [0, 0.1) is 0 Å². The number of hydrogen-bond donors (Lipinski definition) is 2. The van der Waals surface area contributed by atoms with E-state index >= 15 is 0 Å². The van der Waals surface area contributed by atoms with Crippen molar-refractivity contribution in [2.75, 3.05) is 5.32 Å². The van der Waals surface area contributed by atoms with Gasteiger partial charge in [0, 0.05) is 23.5 Å². The van der Waals surface area contributed by atoms with Crippen molar-refractivity contribution in [3.05, 3.63) is 60.9 Å². The number of benzene rings is 1. The lowest BCUT2D eigenvalue weighted by molar-refractivity contribution is 0.102. The van der Waals surface area contributed by atoms with Gasteiger partial charge < -0.3 is 15.5 Å². The average Bonchev–Trinajstić information content (AvgIpc) is 3.48. The minimum Gasteiger partial charge on any atom is -0.464 e. The highest BCUT2D eigenvalue weighted by molar-refractivity contribution is 6.10. The van der Waals surface area contributed by atoms with Gasteiger partial charge in [0.05, 0.1) is 17.7 Å². The second kappa shape index (κ2) is 7.14. The molecule has 8 nitrogen and oxygen atoms in total. The van der Waals surface area contributed by atoms with Gasteiger partial charge in [0.15, 0.2) is 11.3 Å². The van der Waals surface area contributed by atoms with E-state index in [1.54, 1.807) is 12.5 Å². The number of carbonyl (C=O) groups excluding carboxylic acids is 1. The van der Waals surface area contributed by atoms with Crippen molar-refractivity contribution in [2.45, 2.75) is 31.3 Å². The first-order valence-corrected chi connectivity index (χ1v) is 9.58. The first kappa shape index (κ1) is 17.6. The number of rotatable bonds is 4. The van der Waals surface area contributed by atoms with Crippen LogP contribution in [0.2, 0.25) is 0 Å². The molecular weight excluding hydrogens is 368 g/mol. The second-order valence-electron chi connectivity index (χ2n) is 7.29. The van der Waals surface area contributed by atoms with Crippen molar-refractivity contribution in [1.29, 1.82) is 0 Å². The van der Waals surface area contributed by atoms with Crippen LogP contribution in [0.1, 0.15) is 35.8 Å². The maximum atomic E-state index is 12.9. The molecule has 146 valence electrons. The number of nitrogens with two attached hydrogens (primary N) is 1. The van der Waals surface area contributed by atoms with E-state index in [9.17, 15) is 4.79 Å². The Kier molecular flexibility index (Phi) is 4.33. The van der Waals surface area contributed by atoms with Crippen LogP contribution in [0.25, 0.3) is 22.4 Å². The lowest BCUT2D eigenvalue weighted by Crippen LogP contribution is -2.17. The highest BCUT2D eigenvalue weighted by Crippen LogP contribution is 2.31. The van der Waals surface area contributed by atoms with Crippen LogP contribution in [0.4, 0.5) is 5.69 Å². The van der Waals surface area contributed by atoms with Crippen LogP contribution in [-0.4, -0.2) is 31.7 Å². The zero-order valence-electron chi connectivity index (χ0n) is 15.7. The second-order valence-corrected chi connectivity index (χ2v) is 7.29. The third-order valence-corrected chi connectivity index (χ3v) is 5.33. The summed E-state index contributed by atoms with van der Waals surface area (Å²) in [7, 11) is 0. The van der Waals surface area contributed by atoms with Gasteiger partial charge in [-0.15, -0.1) is 0 Å². The molecule has 1 fully saturated rings. The quantitative estimate of drug-likeness (QED) is 0.554. The van der Waals surface area contributed by atoms with E-state index < -0.39 is 0 Å². The number of nitrogens with one attached hydrogen (secondary N) is 1. The molecule has 3 aromatic heterocycles. The molecular formula is C21H20N6O2. The molecule has 2 atom stereocenters. The summed E-state index contributed by atoms with van der Waals surface area (Å²) < 4.78 is 7.23. The topological polar surface area (TPSA) is 112 Å². The fraction of sp³-hybridized carbons (Fsp3) is 0.238. The molecule has 0 aliphatic heterocycles. The molecule has 29 heavy (non-hydrogen) atoms. The molecule has 5 rings (SSSR count). The fourth-order valence-electron chi connectivity index (χ4n) is 3.87. The van der Waals surface area contributed by atoms with Gasteiger partial charge in [-0.1, -0.05) is 0 Å². The van der Waals surface area contributed by atoms with Crippen molar-refractivity contribution < 1.29 is 9.21 Å². The summed E-state index contributed by atoms with van der Waals surface area (Å²) in [6, 6.07) is 11.5. The van der Waals surface area contributed by atoms with Gasteiger partial charge in [-0.3, -0.25) is 4.79 Å². The van der Waals surface area contributed by atoms with Crippen LogP contribution < -0.4 is 11.1 Å². The van der Waals surface area contributed by atoms with Gasteiger partial charge >= 0.3 is 0 Å². The van der Waals surface area contributed by atoms with Gasteiger partial charge in [-0.2, -0.15) is 5.10 Å². The Bertz CT molecular complexity index is 1150. The number of hydrogen-bond acceptors (Lipinski definition) is 6. The number of fused-ring (bicyclic) bond motifs is 1. The molecule has 1 aliphatic carbocycles. The molecule has 2 unspecified atom stereocenters. The summed E-state index contributed by atoms with van der Waals surface area (Å²) >= 11 is 0. The monoisotopic (exact) mass is 388 g/mol. The normalized spacial score (nSPS) is 18.9. The first-order chi connectivity index (χ1) is 14.2. The van der Waals surface area contributed by atoms with Gasteiger partial charge in [0.25, 0.3) is 5.91 Å². The van der Waals surface area contributed by atoms with Crippen molar-refractivity contribution in [1.82, 2.24) is 19.7 Å². The molecule has 1 amide bonds. The zero-order valence-corrected chi connectivity index (χ0v) is 15.7. The van der Waals surface area contributed by atoms with E-state index in [1.807, 2.05) is 41.1 Å². The number of furan rings is 1. The molecule has 0 saturated heterocycles. The summed E-state index contributed by atoms with van der Waals surface area (Å²) in [6.45, 7) is 0. The number of amides is 1. The molecule has 4 aromatic rings. The number of carbonyl (C=O) groups is 1. The van der Waals surface area contributed by atoms with E-state index in [0.29, 0.717) is 22.4 Å². The molecule has 1 aliphatic rings. The van der Waals surface area contributed by atoms with Crippen molar-refractivity contribution in [2.24, 2.45) is 5.73 Å². The average molecular weight is 388 g/mol. The van der Waals surface area contributed by atoms with E-state index in [1.165, 1.54) is 6.33 Å². The first-order valence-electron chi connectivity index (χ1n) is 9.58. The SMILES string of the molecule is NC1CCC(n2nc(C(=O)Nc3ccc(-c4ccco4)cc3)c3cncnc32)C1. The highest BCUT2D eigenvalue weighted by Gasteiger charge is 2.28. The largest absolute Gasteiger partial charge is 0.464 e. The summed E-state index contributed by atoms with van der Waals surface area (Å²) in [5.41, 5.74) is 8.66. The number of nitrogens with zero attached hydrogens (tertiary/aromatic N) is 4. The van der Waals surface area contributed by atoms with Gasteiger partial charge in [0.1, 0.15) is 12.1 Å². The Morgan fingerprint density at radius 3 is 2.79 bits per heavy atom. The summed E-state index contributed by atoms with van der Waals surface area (Å²) in [6.07, 6.45) is 7.44. The third kappa shape index (κ3) is 3.27. The molecule has 0 bridgehead atoms. The maximum absolute atomic E-state index is 12.9. The lowest BCUT2D eigenvalue weighted by atomic mass is 10.1. The van der Waals surface area contributed by atoms with Crippen LogP contribution in [0.5, 0.6) is 0 Å². The van der Waals surface area contributed by atoms with E-state index in [-0.39, 0.29) is 18.0 Å². The van der Waals surface area contributed by atoms with Crippen LogP contribution >= 0.6 is 0 Å². The van der Waals surface area contributed by atoms with E-state index in [0.717, 1.165) is 30.6 Å². The highest BCUT2D eigenvalue weighted by atomic mass is 16.3. The van der Waals surface area contributed by atoms with Gasteiger partial charge in [0.2, 0.25) is 0 Å². The van der Waals surface area contributed by atoms with E-state index in [4.69, 9.17) is 10.2 Å². The van der Waals surface area contributed by atoms with Crippen molar-refractivity contribution in [3.8, 4) is 11.3 Å². The molecule has 0 spiro atoms. The Hall–Kier alpha value is -3.52. The zero-order chi connectivity index (χ0) is 19.8. The molecule has 1 aromatic carbocycles. The third-order valence-electron chi connectivity index (χ3n) is 5.33. The molecule has 8 heteroatoms. The van der Waals surface area contributed by atoms with Crippen molar-refractivity contribution >= 4 is 22.6 Å². The molecule has 1 saturated carbocycles. The Labute approximate surface area is 166 Å². The minimum atomic E-state index is -0.295. The Morgan fingerprint density at radius 2 is 2.07 bits per heavy atom. The van der Waals surface area contributed by atoms with Gasteiger partial charge in [-0.25, -0.2) is 14.6 Å². The predicted molar refractivity (Wildman–Crippen MR) is 108 cm³/mol. The van der Waals surface area contributed by atoms with Crippen molar-refractivity contribution in [3.63, 3.8) is 0 Å². The van der Waals surface area contributed by atoms with Crippen LogP contribution in [0.15, 0.2) is 59.6 Å². The Balaban J connectivity index is 1.42. The fourth-order valence-corrected chi connectivity index (χ4v) is 3.87. The summed E-state index contributed by atoms with van der Waals surface area (Å²) in [4.78, 5) is 21.4. The Morgan fingerprint density at radius 1 is 1.21 bits per heavy atom. The number of aromatic nitrogens is 4. The maximum Gasteiger partial charge on any atom is 0.276 e. The smallest absolute Gasteiger partial charge is 0.276 e. The number of anilines is 1. The summed E-state index contributed by atoms with van der Waals surface area (Å²) in [5.74, 6) is 0.483. The lowest BCUT2D eigenvalue weighted by Gasteiger charge is -2.10. The minimum absolute atomic E-state index is 0.150. The molecule has 3 heterocycles.